The topological polar surface area (TPSA) is 26.3 Å². The fraction of sp³-hybridized carbons (Fsp3) is 0.0645. The lowest BCUT2D eigenvalue weighted by molar-refractivity contribution is -0.0696. The number of hydrogen-bond donors (Lipinski definition) is 0. The van der Waals surface area contributed by atoms with Crippen molar-refractivity contribution < 1.29 is 35.9 Å². The summed E-state index contributed by atoms with van der Waals surface area (Å²) in [6, 6.07) is 21.0. The molecule has 0 atom stereocenters. The molecule has 0 aromatic heterocycles. The molecule has 39 heavy (non-hydrogen) atoms. The van der Waals surface area contributed by atoms with Gasteiger partial charge in [0.25, 0.3) is 0 Å². The molecule has 0 N–H and O–H groups in total. The van der Waals surface area contributed by atoms with E-state index in [1.54, 1.807) is 12.1 Å². The second-order valence-electron chi connectivity index (χ2n) is 8.83. The third-order valence-corrected chi connectivity index (χ3v) is 6.05. The van der Waals surface area contributed by atoms with Gasteiger partial charge in [-0.2, -0.15) is 13.2 Å². The molecule has 194 valence electrons. The first-order valence-corrected chi connectivity index (χ1v) is 11.5. The molecule has 5 aromatic rings. The van der Waals surface area contributed by atoms with Crippen molar-refractivity contribution >= 4 is 27.5 Å². The van der Waals surface area contributed by atoms with Crippen molar-refractivity contribution in [3.05, 3.63) is 113 Å². The fourth-order valence-corrected chi connectivity index (χ4v) is 4.16. The number of hydrogen-bond acceptors (Lipinski definition) is 2. The Hall–Kier alpha value is -4.77. The van der Waals surface area contributed by atoms with Crippen molar-refractivity contribution in [2.45, 2.75) is 13.1 Å². The highest BCUT2D eigenvalue weighted by Crippen LogP contribution is 2.31. The lowest BCUT2D eigenvalue weighted by Crippen LogP contribution is -2.09. The van der Waals surface area contributed by atoms with Gasteiger partial charge in [0.15, 0.2) is 5.82 Å². The second-order valence-corrected chi connectivity index (χ2v) is 8.83. The first-order chi connectivity index (χ1) is 18.5. The van der Waals surface area contributed by atoms with E-state index in [9.17, 15) is 31.1 Å². The molecule has 0 aliphatic heterocycles. The number of fused-ring (bicyclic) bond motifs is 2. The van der Waals surface area contributed by atoms with Crippen molar-refractivity contribution in [3.8, 4) is 28.7 Å². The summed E-state index contributed by atoms with van der Waals surface area (Å²) in [5.74, 6) is -3.32. The Morgan fingerprint density at radius 3 is 2.13 bits per heavy atom. The van der Waals surface area contributed by atoms with Crippen LogP contribution < -0.4 is 4.74 Å². The van der Waals surface area contributed by atoms with E-state index in [1.165, 1.54) is 12.0 Å². The molecule has 0 saturated heterocycles. The molecule has 0 amide bonds. The zero-order valence-corrected chi connectivity index (χ0v) is 20.1. The van der Waals surface area contributed by atoms with E-state index >= 15 is 0 Å². The van der Waals surface area contributed by atoms with Crippen LogP contribution in [0.25, 0.3) is 32.7 Å². The van der Waals surface area contributed by atoms with Crippen LogP contribution in [-0.2, 0) is 0 Å². The fourth-order valence-electron chi connectivity index (χ4n) is 4.16. The molecule has 0 fully saturated rings. The highest BCUT2D eigenvalue weighted by atomic mass is 19.4. The van der Waals surface area contributed by atoms with Gasteiger partial charge in [-0.3, -0.25) is 0 Å². The molecule has 0 saturated carbocycles. The molecule has 0 bridgehead atoms. The molecule has 0 unspecified atom stereocenters. The molecule has 0 aliphatic carbocycles. The molecular weight excluding hydrogens is 518 g/mol. The van der Waals surface area contributed by atoms with Gasteiger partial charge in [-0.15, -0.1) is 0 Å². The van der Waals surface area contributed by atoms with Crippen LogP contribution in [0.3, 0.4) is 0 Å². The van der Waals surface area contributed by atoms with Crippen molar-refractivity contribution in [2.75, 3.05) is 0 Å². The zero-order valence-electron chi connectivity index (χ0n) is 20.1. The van der Waals surface area contributed by atoms with Crippen LogP contribution in [0.4, 0.5) is 26.3 Å². The number of aryl methyl sites for hydroxylation is 1. The minimum absolute atomic E-state index is 0.154. The van der Waals surface area contributed by atoms with Gasteiger partial charge in [-0.05, 0) is 64.5 Å². The van der Waals surface area contributed by atoms with E-state index in [1.807, 2.05) is 49.4 Å². The zero-order chi connectivity index (χ0) is 27.9. The van der Waals surface area contributed by atoms with Crippen LogP contribution in [0, 0.1) is 36.2 Å². The van der Waals surface area contributed by atoms with Crippen LogP contribution >= 0.6 is 0 Å². The first kappa shape index (κ1) is 25.9. The normalized spacial score (nSPS) is 11.4. The molecule has 0 spiro atoms. The molecular formula is C31H16F6O2. The van der Waals surface area contributed by atoms with Crippen LogP contribution in [0.5, 0.6) is 5.75 Å². The second kappa shape index (κ2) is 9.84. The summed E-state index contributed by atoms with van der Waals surface area (Å²) >= 11 is 0. The molecule has 8 heteroatoms. The summed E-state index contributed by atoms with van der Waals surface area (Å²) < 4.78 is 86.0. The number of rotatable bonds is 3. The van der Waals surface area contributed by atoms with Gasteiger partial charge in [-0.1, -0.05) is 53.9 Å². The monoisotopic (exact) mass is 534 g/mol. The van der Waals surface area contributed by atoms with Crippen molar-refractivity contribution in [1.29, 1.82) is 0 Å². The van der Waals surface area contributed by atoms with Gasteiger partial charge in [0, 0.05) is 12.0 Å². The van der Waals surface area contributed by atoms with Gasteiger partial charge >= 0.3 is 12.1 Å². The average molecular weight is 534 g/mol. The summed E-state index contributed by atoms with van der Waals surface area (Å²) in [6.07, 6.45) is -4.99. The number of halogens is 6. The average Bonchev–Trinajstić information content (AvgIpc) is 2.87. The van der Waals surface area contributed by atoms with E-state index in [4.69, 9.17) is 4.74 Å². The molecule has 0 radical (unpaired) electrons. The van der Waals surface area contributed by atoms with E-state index < -0.39 is 40.5 Å². The Labute approximate surface area is 218 Å². The van der Waals surface area contributed by atoms with E-state index in [-0.39, 0.29) is 16.7 Å². The number of ether oxygens (including phenoxy) is 1. The van der Waals surface area contributed by atoms with Crippen LogP contribution in [0.15, 0.2) is 78.9 Å². The van der Waals surface area contributed by atoms with Crippen molar-refractivity contribution in [1.82, 2.24) is 0 Å². The number of alkyl halides is 3. The first-order valence-electron chi connectivity index (χ1n) is 11.5. The SMILES string of the molecule is Cc1ccc(-c2ccc3cc(C(=O)Oc4cc(F)c5c(F)c(C#CC(F)(F)F)c(F)cc5c4)ccc3c2)cc1. The smallest absolute Gasteiger partial charge is 0.423 e. The Bertz CT molecular complexity index is 1830. The Morgan fingerprint density at radius 2 is 1.41 bits per heavy atom. The molecule has 5 aromatic carbocycles. The third-order valence-electron chi connectivity index (χ3n) is 6.05. The van der Waals surface area contributed by atoms with Crippen LogP contribution in [0.1, 0.15) is 21.5 Å². The highest BCUT2D eigenvalue weighted by molar-refractivity contribution is 5.98. The highest BCUT2D eigenvalue weighted by Gasteiger charge is 2.24. The van der Waals surface area contributed by atoms with E-state index in [0.717, 1.165) is 39.4 Å². The largest absolute Gasteiger partial charge is 0.458 e. The Morgan fingerprint density at radius 1 is 0.744 bits per heavy atom. The summed E-state index contributed by atoms with van der Waals surface area (Å²) in [4.78, 5) is 12.8. The summed E-state index contributed by atoms with van der Waals surface area (Å²) in [6.45, 7) is 2.00. The summed E-state index contributed by atoms with van der Waals surface area (Å²) in [5, 5.41) is 0.489. The predicted octanol–water partition coefficient (Wildman–Crippen LogP) is 8.52. The molecule has 0 heterocycles. The summed E-state index contributed by atoms with van der Waals surface area (Å²) in [5.41, 5.74) is 2.11. The van der Waals surface area contributed by atoms with Crippen molar-refractivity contribution in [2.24, 2.45) is 0 Å². The molecule has 0 aliphatic rings. The van der Waals surface area contributed by atoms with Crippen molar-refractivity contribution in [3.63, 3.8) is 0 Å². The van der Waals surface area contributed by atoms with Gasteiger partial charge < -0.3 is 4.74 Å². The van der Waals surface area contributed by atoms with Crippen LogP contribution in [-0.4, -0.2) is 12.1 Å². The van der Waals surface area contributed by atoms with Gasteiger partial charge in [-0.25, -0.2) is 18.0 Å². The molecule has 2 nitrogen and oxygen atoms in total. The quantitative estimate of drug-likeness (QED) is 0.100. The Kier molecular flexibility index (Phi) is 6.52. The minimum Gasteiger partial charge on any atom is -0.423 e. The number of esters is 1. The van der Waals surface area contributed by atoms with Gasteiger partial charge in [0.1, 0.15) is 17.4 Å². The standard InChI is InChI=1S/C31H16F6O2/c1-17-2-4-18(5-3-17)19-6-7-21-13-22(9-8-20(21)12-19)30(38)39-24-14-23-15-26(32)25(10-11-31(35,36)37)29(34)28(23)27(33)16-24/h2-9,12-16H,1H3. The van der Waals surface area contributed by atoms with Crippen LogP contribution in [0.2, 0.25) is 0 Å². The predicted molar refractivity (Wildman–Crippen MR) is 136 cm³/mol. The minimum atomic E-state index is -4.99. The number of carbonyl (C=O) groups excluding carboxylic acids is 1. The lowest BCUT2D eigenvalue weighted by atomic mass is 9.99. The number of benzene rings is 5. The molecule has 5 rings (SSSR count). The summed E-state index contributed by atoms with van der Waals surface area (Å²) in [7, 11) is 0. The maximum absolute atomic E-state index is 14.7. The third kappa shape index (κ3) is 5.43. The maximum Gasteiger partial charge on any atom is 0.458 e. The van der Waals surface area contributed by atoms with Gasteiger partial charge in [0.2, 0.25) is 0 Å². The lowest BCUT2D eigenvalue weighted by Gasteiger charge is -2.10. The van der Waals surface area contributed by atoms with E-state index in [2.05, 4.69) is 0 Å². The van der Waals surface area contributed by atoms with Gasteiger partial charge in [0.05, 0.1) is 16.5 Å². The Balaban J connectivity index is 1.43. The number of carbonyl (C=O) groups is 1. The maximum atomic E-state index is 14.7. The van der Waals surface area contributed by atoms with E-state index in [0.29, 0.717) is 12.1 Å².